The fraction of sp³-hybridized carbons (Fsp3) is 0.304. The Morgan fingerprint density at radius 2 is 1.77 bits per heavy atom. The van der Waals surface area contributed by atoms with E-state index >= 15 is 0 Å². The van der Waals surface area contributed by atoms with Gasteiger partial charge in [-0.3, -0.25) is 19.3 Å². The average Bonchev–Trinajstić information content (AvgIpc) is 3.48. The molecule has 1 saturated heterocycles. The minimum Gasteiger partial charge on any atom is -0.423 e. The number of carbonyl (C=O) groups is 3. The lowest BCUT2D eigenvalue weighted by Crippen LogP contribution is -2.41. The Kier molecular flexibility index (Phi) is 4.89. The third kappa shape index (κ3) is 3.54. The van der Waals surface area contributed by atoms with Crippen LogP contribution >= 0.6 is 0 Å². The summed E-state index contributed by atoms with van der Waals surface area (Å²) in [5, 5.41) is 2.93. The van der Waals surface area contributed by atoms with Crippen molar-refractivity contribution >= 4 is 34.8 Å². The number of hydrogen-bond donors (Lipinski definition) is 1. The summed E-state index contributed by atoms with van der Waals surface area (Å²) in [6.07, 6.45) is 1.99. The van der Waals surface area contributed by atoms with E-state index in [0.29, 0.717) is 23.7 Å². The summed E-state index contributed by atoms with van der Waals surface area (Å²) in [5.41, 5.74) is 2.35. The summed E-state index contributed by atoms with van der Waals surface area (Å²) in [7, 11) is 0. The van der Waals surface area contributed by atoms with Gasteiger partial charge < -0.3 is 14.6 Å². The summed E-state index contributed by atoms with van der Waals surface area (Å²) in [6, 6.07) is 15.0. The lowest BCUT2D eigenvalue weighted by Gasteiger charge is -2.23. The molecule has 8 heteroatoms. The van der Waals surface area contributed by atoms with Gasteiger partial charge in [-0.15, -0.1) is 0 Å². The van der Waals surface area contributed by atoms with Crippen molar-refractivity contribution < 1.29 is 18.8 Å². The number of aromatic nitrogens is 1. The highest BCUT2D eigenvalue weighted by molar-refractivity contribution is 6.21. The number of imide groups is 1. The molecule has 3 heterocycles. The Morgan fingerprint density at radius 3 is 2.52 bits per heavy atom. The number of anilines is 1. The van der Waals surface area contributed by atoms with Crippen molar-refractivity contribution in [3.05, 3.63) is 59.7 Å². The predicted molar refractivity (Wildman–Crippen MR) is 114 cm³/mol. The highest BCUT2D eigenvalue weighted by Gasteiger charge is 2.35. The Balaban J connectivity index is 1.16. The van der Waals surface area contributed by atoms with Crippen LogP contribution in [0.5, 0.6) is 0 Å². The maximum Gasteiger partial charge on any atom is 0.298 e. The molecule has 1 fully saturated rings. The smallest absolute Gasteiger partial charge is 0.298 e. The lowest BCUT2D eigenvalue weighted by molar-refractivity contribution is -0.121. The van der Waals surface area contributed by atoms with E-state index in [1.807, 2.05) is 24.3 Å². The number of hydrogen-bond acceptors (Lipinski definition) is 6. The minimum atomic E-state index is -0.341. The normalized spacial score (nSPS) is 18.1. The van der Waals surface area contributed by atoms with Gasteiger partial charge in [-0.05, 0) is 37.1 Å². The van der Waals surface area contributed by atoms with Gasteiger partial charge in [-0.1, -0.05) is 24.3 Å². The molecular formula is C23H22N4O4. The molecule has 0 aliphatic carbocycles. The van der Waals surface area contributed by atoms with E-state index in [4.69, 9.17) is 4.42 Å². The van der Waals surface area contributed by atoms with Crippen molar-refractivity contribution in [2.45, 2.75) is 25.3 Å². The third-order valence-electron chi connectivity index (χ3n) is 5.88. The fourth-order valence-electron chi connectivity index (χ4n) is 4.26. The summed E-state index contributed by atoms with van der Waals surface area (Å²) in [4.78, 5) is 45.0. The molecule has 1 aromatic heterocycles. The SMILES string of the molecule is O=C(CCN1C(=O)c2ccccc2C1=O)NCC1CCCN1c1nc2ccccc2o1. The van der Waals surface area contributed by atoms with Crippen LogP contribution in [-0.4, -0.2) is 53.3 Å². The van der Waals surface area contributed by atoms with Gasteiger partial charge in [-0.25, -0.2) is 0 Å². The molecule has 8 nitrogen and oxygen atoms in total. The van der Waals surface area contributed by atoms with E-state index in [-0.39, 0.29) is 36.7 Å². The number of nitrogens with one attached hydrogen (secondary N) is 1. The molecule has 3 aromatic rings. The zero-order valence-electron chi connectivity index (χ0n) is 16.9. The maximum absolute atomic E-state index is 12.4. The van der Waals surface area contributed by atoms with Crippen molar-refractivity contribution in [1.82, 2.24) is 15.2 Å². The molecule has 1 atom stereocenters. The van der Waals surface area contributed by atoms with E-state index < -0.39 is 0 Å². The average molecular weight is 418 g/mol. The van der Waals surface area contributed by atoms with Gasteiger partial charge in [0.25, 0.3) is 17.8 Å². The number of oxazole rings is 1. The van der Waals surface area contributed by atoms with Crippen LogP contribution in [0.1, 0.15) is 40.0 Å². The van der Waals surface area contributed by atoms with E-state index in [1.165, 1.54) is 0 Å². The third-order valence-corrected chi connectivity index (χ3v) is 5.88. The summed E-state index contributed by atoms with van der Waals surface area (Å²) < 4.78 is 5.88. The van der Waals surface area contributed by atoms with Crippen molar-refractivity contribution in [3.63, 3.8) is 0 Å². The molecule has 0 saturated carbocycles. The summed E-state index contributed by atoms with van der Waals surface area (Å²) in [5.74, 6) is -0.876. The lowest BCUT2D eigenvalue weighted by atomic mass is 10.1. The zero-order chi connectivity index (χ0) is 21.4. The van der Waals surface area contributed by atoms with E-state index in [9.17, 15) is 14.4 Å². The number of carbonyl (C=O) groups excluding carboxylic acids is 3. The first-order valence-corrected chi connectivity index (χ1v) is 10.5. The molecule has 2 aliphatic heterocycles. The van der Waals surface area contributed by atoms with Crippen molar-refractivity contribution in [2.75, 3.05) is 24.5 Å². The summed E-state index contributed by atoms with van der Waals surface area (Å²) in [6.45, 7) is 1.35. The summed E-state index contributed by atoms with van der Waals surface area (Å²) >= 11 is 0. The second-order valence-corrected chi connectivity index (χ2v) is 7.82. The number of para-hydroxylation sites is 2. The first-order valence-electron chi connectivity index (χ1n) is 10.5. The number of benzene rings is 2. The van der Waals surface area contributed by atoms with Crippen molar-refractivity contribution in [1.29, 1.82) is 0 Å². The number of rotatable bonds is 6. The van der Waals surface area contributed by atoms with Crippen LogP contribution in [0.25, 0.3) is 11.1 Å². The standard InChI is InChI=1S/C23H22N4O4/c28-20(11-13-27-21(29)16-7-1-2-8-17(16)22(27)30)24-14-15-6-5-12-26(15)23-25-18-9-3-4-10-19(18)31-23/h1-4,7-10,15H,5-6,11-14H2,(H,24,28). The van der Waals surface area contributed by atoms with Crippen molar-refractivity contribution in [2.24, 2.45) is 0 Å². The minimum absolute atomic E-state index is 0.0672. The monoisotopic (exact) mass is 418 g/mol. The Labute approximate surface area is 178 Å². The van der Waals surface area contributed by atoms with Gasteiger partial charge >= 0.3 is 0 Å². The van der Waals surface area contributed by atoms with Gasteiger partial charge in [0.1, 0.15) is 5.52 Å². The molecule has 0 radical (unpaired) electrons. The molecule has 0 spiro atoms. The predicted octanol–water partition coefficient (Wildman–Crippen LogP) is 2.60. The quantitative estimate of drug-likeness (QED) is 0.618. The molecule has 5 rings (SSSR count). The van der Waals surface area contributed by atoms with Gasteiger partial charge in [0.05, 0.1) is 17.2 Å². The van der Waals surface area contributed by atoms with Gasteiger partial charge in [0.15, 0.2) is 5.58 Å². The van der Waals surface area contributed by atoms with Crippen LogP contribution < -0.4 is 10.2 Å². The van der Waals surface area contributed by atoms with E-state index in [0.717, 1.165) is 35.4 Å². The Hall–Kier alpha value is -3.68. The molecule has 158 valence electrons. The second-order valence-electron chi connectivity index (χ2n) is 7.82. The van der Waals surface area contributed by atoms with Gasteiger partial charge in [-0.2, -0.15) is 4.98 Å². The molecule has 31 heavy (non-hydrogen) atoms. The van der Waals surface area contributed by atoms with Crippen molar-refractivity contribution in [3.8, 4) is 0 Å². The van der Waals surface area contributed by atoms with E-state index in [2.05, 4.69) is 15.2 Å². The first kappa shape index (κ1) is 19.3. The molecule has 1 N–H and O–H groups in total. The number of nitrogens with zero attached hydrogens (tertiary/aromatic N) is 3. The van der Waals surface area contributed by atoms with Gasteiger partial charge in [0, 0.05) is 26.1 Å². The van der Waals surface area contributed by atoms with Crippen LogP contribution in [0.4, 0.5) is 6.01 Å². The van der Waals surface area contributed by atoms with Gasteiger partial charge in [0.2, 0.25) is 5.91 Å². The van der Waals surface area contributed by atoms with E-state index in [1.54, 1.807) is 24.3 Å². The Bertz CT molecular complexity index is 1100. The number of fused-ring (bicyclic) bond motifs is 2. The van der Waals surface area contributed by atoms with Crippen LogP contribution in [0.15, 0.2) is 52.9 Å². The molecular weight excluding hydrogens is 396 g/mol. The first-order chi connectivity index (χ1) is 15.1. The molecule has 1 unspecified atom stereocenters. The largest absolute Gasteiger partial charge is 0.423 e. The molecule has 3 amide bonds. The van der Waals surface area contributed by atoms with Crippen LogP contribution in [0.2, 0.25) is 0 Å². The Morgan fingerprint density at radius 1 is 1.06 bits per heavy atom. The van der Waals surface area contributed by atoms with Crippen LogP contribution in [0, 0.1) is 0 Å². The molecule has 2 aliphatic rings. The van der Waals surface area contributed by atoms with Crippen LogP contribution in [-0.2, 0) is 4.79 Å². The van der Waals surface area contributed by atoms with Crippen LogP contribution in [0.3, 0.4) is 0 Å². The number of amides is 3. The highest BCUT2D eigenvalue weighted by atomic mass is 16.4. The fourth-order valence-corrected chi connectivity index (χ4v) is 4.26. The molecule has 0 bridgehead atoms. The second kappa shape index (κ2) is 7.86. The molecule has 2 aromatic carbocycles. The zero-order valence-corrected chi connectivity index (χ0v) is 16.9. The highest BCUT2D eigenvalue weighted by Crippen LogP contribution is 2.28. The topological polar surface area (TPSA) is 95.8 Å². The maximum atomic E-state index is 12.4.